The van der Waals surface area contributed by atoms with Crippen LogP contribution in [-0.2, 0) is 0 Å². The molecule has 0 bridgehead atoms. The van der Waals surface area contributed by atoms with Gasteiger partial charge in [0.15, 0.2) is 5.65 Å². The zero-order chi connectivity index (χ0) is 12.8. The van der Waals surface area contributed by atoms with E-state index in [9.17, 15) is 4.79 Å². The van der Waals surface area contributed by atoms with Crippen LogP contribution in [0.2, 0.25) is 0 Å². The summed E-state index contributed by atoms with van der Waals surface area (Å²) in [5, 5.41) is 8.69. The number of nitrogens with zero attached hydrogens (tertiary/aromatic N) is 1. The summed E-state index contributed by atoms with van der Waals surface area (Å²) in [6.07, 6.45) is 8.84. The minimum Gasteiger partial charge on any atom is -0.305 e. The van der Waals surface area contributed by atoms with Gasteiger partial charge in [-0.25, -0.2) is 0 Å². The van der Waals surface area contributed by atoms with Crippen LogP contribution >= 0.6 is 0 Å². The highest BCUT2D eigenvalue weighted by atomic mass is 16.1. The zero-order valence-corrected chi connectivity index (χ0v) is 11.0. The molecule has 0 atom stereocenters. The highest BCUT2D eigenvalue weighted by Gasteiger charge is 2.30. The van der Waals surface area contributed by atoms with E-state index in [1.165, 1.54) is 61.6 Å². The topological polar surface area (TPSA) is 61.5 Å². The van der Waals surface area contributed by atoms with E-state index in [1.54, 1.807) is 0 Å². The molecule has 4 heteroatoms. The molecule has 0 saturated heterocycles. The summed E-state index contributed by atoms with van der Waals surface area (Å²) >= 11 is 0. The third kappa shape index (κ3) is 1.90. The third-order valence-corrected chi connectivity index (χ3v) is 4.64. The van der Waals surface area contributed by atoms with Crippen molar-refractivity contribution in [1.29, 1.82) is 0 Å². The van der Waals surface area contributed by atoms with Gasteiger partial charge in [-0.1, -0.05) is 19.3 Å². The van der Waals surface area contributed by atoms with Crippen LogP contribution in [0.25, 0.3) is 11.0 Å². The van der Waals surface area contributed by atoms with Gasteiger partial charge < -0.3 is 4.98 Å². The standard InChI is InChI=1S/C15H19N3O/c19-12-8-11(9-4-2-1-3-5-9)13-14(10-6-7-10)17-18-15(13)16-12/h8-10H,1-7H2,(H2,16,17,18,19). The molecular weight excluding hydrogens is 238 g/mol. The first-order valence-corrected chi connectivity index (χ1v) is 7.44. The Labute approximate surface area is 111 Å². The number of pyridine rings is 1. The molecule has 4 rings (SSSR count). The Balaban J connectivity index is 1.90. The molecule has 2 aliphatic carbocycles. The molecule has 2 heterocycles. The number of nitrogens with one attached hydrogen (secondary N) is 2. The van der Waals surface area contributed by atoms with Crippen molar-refractivity contribution in [3.63, 3.8) is 0 Å². The van der Waals surface area contributed by atoms with Crippen LogP contribution in [0.3, 0.4) is 0 Å². The predicted octanol–water partition coefficient (Wildman–Crippen LogP) is 3.18. The maximum absolute atomic E-state index is 11.8. The lowest BCUT2D eigenvalue weighted by molar-refractivity contribution is 0.445. The smallest absolute Gasteiger partial charge is 0.249 e. The van der Waals surface area contributed by atoms with E-state index < -0.39 is 0 Å². The van der Waals surface area contributed by atoms with Gasteiger partial charge in [0.1, 0.15) is 0 Å². The van der Waals surface area contributed by atoms with E-state index in [2.05, 4.69) is 15.2 Å². The summed E-state index contributed by atoms with van der Waals surface area (Å²) < 4.78 is 0. The minimum atomic E-state index is -0.0121. The molecule has 0 radical (unpaired) electrons. The normalized spacial score (nSPS) is 21.1. The largest absolute Gasteiger partial charge is 0.305 e. The van der Waals surface area contributed by atoms with Crippen LogP contribution in [0.5, 0.6) is 0 Å². The molecule has 100 valence electrons. The van der Waals surface area contributed by atoms with Gasteiger partial charge in [0, 0.05) is 23.1 Å². The van der Waals surface area contributed by atoms with Gasteiger partial charge >= 0.3 is 0 Å². The zero-order valence-electron chi connectivity index (χ0n) is 11.0. The minimum absolute atomic E-state index is 0.0121. The molecule has 2 aliphatic rings. The quantitative estimate of drug-likeness (QED) is 0.868. The van der Waals surface area contributed by atoms with Gasteiger partial charge in [-0.3, -0.25) is 9.89 Å². The Morgan fingerprint density at radius 2 is 1.84 bits per heavy atom. The Hall–Kier alpha value is -1.58. The molecule has 2 saturated carbocycles. The van der Waals surface area contributed by atoms with E-state index >= 15 is 0 Å². The number of hydrogen-bond donors (Lipinski definition) is 2. The monoisotopic (exact) mass is 257 g/mol. The molecule has 0 spiro atoms. The molecule has 0 unspecified atom stereocenters. The van der Waals surface area contributed by atoms with E-state index in [0.717, 1.165) is 5.65 Å². The number of aromatic nitrogens is 3. The Morgan fingerprint density at radius 3 is 2.58 bits per heavy atom. The summed E-state index contributed by atoms with van der Waals surface area (Å²) in [5.74, 6) is 1.19. The first-order chi connectivity index (χ1) is 9.33. The van der Waals surface area contributed by atoms with Crippen LogP contribution in [0.1, 0.15) is 68.0 Å². The van der Waals surface area contributed by atoms with E-state index in [4.69, 9.17) is 0 Å². The number of hydrogen-bond acceptors (Lipinski definition) is 2. The first-order valence-electron chi connectivity index (χ1n) is 7.44. The fourth-order valence-electron chi connectivity index (χ4n) is 3.51. The molecule has 2 aromatic heterocycles. The second-order valence-electron chi connectivity index (χ2n) is 6.06. The third-order valence-electron chi connectivity index (χ3n) is 4.64. The van der Waals surface area contributed by atoms with E-state index in [0.29, 0.717) is 11.8 Å². The van der Waals surface area contributed by atoms with Gasteiger partial charge in [-0.05, 0) is 37.2 Å². The molecule has 2 fully saturated rings. The van der Waals surface area contributed by atoms with Crippen molar-refractivity contribution in [3.8, 4) is 0 Å². The average molecular weight is 257 g/mol. The maximum atomic E-state index is 11.8. The predicted molar refractivity (Wildman–Crippen MR) is 74.5 cm³/mol. The van der Waals surface area contributed by atoms with Gasteiger partial charge in [0.2, 0.25) is 5.56 Å². The summed E-state index contributed by atoms with van der Waals surface area (Å²) in [5.41, 5.74) is 3.25. The number of aromatic amines is 2. The molecule has 0 amide bonds. The van der Waals surface area contributed by atoms with Crippen molar-refractivity contribution in [2.24, 2.45) is 0 Å². The fourth-order valence-corrected chi connectivity index (χ4v) is 3.51. The van der Waals surface area contributed by atoms with Crippen LogP contribution in [0, 0.1) is 0 Å². The number of H-pyrrole nitrogens is 2. The lowest BCUT2D eigenvalue weighted by atomic mass is 9.83. The van der Waals surface area contributed by atoms with Crippen molar-refractivity contribution < 1.29 is 0 Å². The van der Waals surface area contributed by atoms with Crippen molar-refractivity contribution in [1.82, 2.24) is 15.2 Å². The number of fused-ring (bicyclic) bond motifs is 1. The molecule has 0 aromatic carbocycles. The Morgan fingerprint density at radius 1 is 1.05 bits per heavy atom. The van der Waals surface area contributed by atoms with Crippen molar-refractivity contribution >= 4 is 11.0 Å². The molecule has 19 heavy (non-hydrogen) atoms. The van der Waals surface area contributed by atoms with Gasteiger partial charge in [0.25, 0.3) is 0 Å². The SMILES string of the molecule is O=c1cc(C2CCCCC2)c2c(C3CC3)[nH]nc2[nH]1. The van der Waals surface area contributed by atoms with Crippen LogP contribution in [0.4, 0.5) is 0 Å². The average Bonchev–Trinajstić information content (AvgIpc) is 3.19. The van der Waals surface area contributed by atoms with Crippen LogP contribution < -0.4 is 5.56 Å². The molecule has 2 aromatic rings. The molecule has 4 nitrogen and oxygen atoms in total. The fraction of sp³-hybridized carbons (Fsp3) is 0.600. The van der Waals surface area contributed by atoms with Crippen LogP contribution in [-0.4, -0.2) is 15.2 Å². The summed E-state index contributed by atoms with van der Waals surface area (Å²) in [4.78, 5) is 14.7. The Kier molecular flexibility index (Phi) is 2.50. The second kappa shape index (κ2) is 4.22. The van der Waals surface area contributed by atoms with Gasteiger partial charge in [0.05, 0.1) is 0 Å². The summed E-state index contributed by atoms with van der Waals surface area (Å²) in [7, 11) is 0. The maximum Gasteiger partial charge on any atom is 0.249 e. The molecule has 2 N–H and O–H groups in total. The van der Waals surface area contributed by atoms with E-state index in [1.807, 2.05) is 6.07 Å². The molecule has 0 aliphatic heterocycles. The lowest BCUT2D eigenvalue weighted by Gasteiger charge is -2.22. The summed E-state index contributed by atoms with van der Waals surface area (Å²) in [6, 6.07) is 1.82. The van der Waals surface area contributed by atoms with Crippen LogP contribution in [0.15, 0.2) is 10.9 Å². The van der Waals surface area contributed by atoms with Crippen molar-refractivity contribution in [2.75, 3.05) is 0 Å². The van der Waals surface area contributed by atoms with E-state index in [-0.39, 0.29) is 5.56 Å². The first kappa shape index (κ1) is 11.3. The van der Waals surface area contributed by atoms with Crippen molar-refractivity contribution in [3.05, 3.63) is 27.7 Å². The summed E-state index contributed by atoms with van der Waals surface area (Å²) in [6.45, 7) is 0. The lowest BCUT2D eigenvalue weighted by Crippen LogP contribution is -2.12. The Bertz CT molecular complexity index is 660. The second-order valence-corrected chi connectivity index (χ2v) is 6.06. The van der Waals surface area contributed by atoms with Gasteiger partial charge in [-0.2, -0.15) is 5.10 Å². The van der Waals surface area contributed by atoms with Gasteiger partial charge in [-0.15, -0.1) is 0 Å². The highest BCUT2D eigenvalue weighted by molar-refractivity contribution is 5.83. The van der Waals surface area contributed by atoms with Crippen molar-refractivity contribution in [2.45, 2.75) is 56.8 Å². The number of rotatable bonds is 2. The highest BCUT2D eigenvalue weighted by Crippen LogP contribution is 2.44. The molecular formula is C15H19N3O.